The van der Waals surface area contributed by atoms with E-state index in [4.69, 9.17) is 9.47 Å². The Hall–Kier alpha value is -1.88. The van der Waals surface area contributed by atoms with E-state index < -0.39 is 8.32 Å². The molecule has 1 N–H and O–H groups in total. The van der Waals surface area contributed by atoms with Gasteiger partial charge in [-0.05, 0) is 47.5 Å². The van der Waals surface area contributed by atoms with E-state index >= 15 is 0 Å². The molecule has 0 bridgehead atoms. The molecule has 0 aromatic heterocycles. The molecule has 168 valence electrons. The fourth-order valence-corrected chi connectivity index (χ4v) is 8.36. The fourth-order valence-electron chi connectivity index (χ4n) is 4.61. The first-order valence-corrected chi connectivity index (χ1v) is 13.6. The maximum absolute atomic E-state index is 12.3. The fraction of sp³-hybridized carbons (Fsp3) is 0.481. The molecule has 0 radical (unpaired) electrons. The maximum Gasteiger partial charge on any atom is 0.258 e. The molecular weight excluding hydrogens is 400 g/mol. The average molecular weight is 439 g/mol. The van der Waals surface area contributed by atoms with Gasteiger partial charge in [0, 0.05) is 6.61 Å². The van der Waals surface area contributed by atoms with E-state index in [-0.39, 0.29) is 17.2 Å². The van der Waals surface area contributed by atoms with Crippen LogP contribution >= 0.6 is 0 Å². The van der Waals surface area contributed by atoms with Crippen LogP contribution in [-0.2, 0) is 9.47 Å². The van der Waals surface area contributed by atoms with Gasteiger partial charge in [0.15, 0.2) is 0 Å². The van der Waals surface area contributed by atoms with Crippen LogP contribution in [0, 0.1) is 0 Å². The van der Waals surface area contributed by atoms with E-state index in [0.717, 1.165) is 61.3 Å². The lowest BCUT2D eigenvalue weighted by Crippen LogP contribution is -2.65. The summed E-state index contributed by atoms with van der Waals surface area (Å²) in [4.78, 5) is 12.3. The van der Waals surface area contributed by atoms with E-state index in [0.29, 0.717) is 0 Å². The van der Waals surface area contributed by atoms with Crippen LogP contribution in [0.3, 0.4) is 0 Å². The second kappa shape index (κ2) is 10.6. The molecule has 0 unspecified atom stereocenters. The summed E-state index contributed by atoms with van der Waals surface area (Å²) in [6.45, 7) is 11.5. The van der Waals surface area contributed by atoms with Crippen molar-refractivity contribution in [2.75, 3.05) is 6.61 Å². The van der Waals surface area contributed by atoms with Crippen molar-refractivity contribution in [2.24, 2.45) is 0 Å². The first-order valence-electron chi connectivity index (χ1n) is 11.7. The summed E-state index contributed by atoms with van der Waals surface area (Å²) >= 11 is 0. The quantitative estimate of drug-likeness (QED) is 0.410. The molecule has 31 heavy (non-hydrogen) atoms. The smallest absolute Gasteiger partial charge is 0.258 e. The molecule has 0 saturated carbocycles. The summed E-state index contributed by atoms with van der Waals surface area (Å²) < 4.78 is 12.1. The molecule has 1 saturated heterocycles. The lowest BCUT2D eigenvalue weighted by molar-refractivity contribution is -0.0394. The van der Waals surface area contributed by atoms with Crippen molar-refractivity contribution >= 4 is 18.7 Å². The Balaban J connectivity index is 1.70. The minimum absolute atomic E-state index is 0.0238. The van der Waals surface area contributed by atoms with Gasteiger partial charge in [-0.15, -0.1) is 0 Å². The molecule has 4 heteroatoms. The highest BCUT2D eigenvalue weighted by Crippen LogP contribution is 2.41. The largest absolute Gasteiger partial charge is 0.493 e. The predicted molar refractivity (Wildman–Crippen MR) is 131 cm³/mol. The molecule has 1 fully saturated rings. The van der Waals surface area contributed by atoms with Crippen molar-refractivity contribution in [2.45, 2.75) is 76.5 Å². The van der Waals surface area contributed by atoms with Crippen LogP contribution in [0.15, 0.2) is 73.0 Å². The van der Waals surface area contributed by atoms with Crippen molar-refractivity contribution in [1.29, 1.82) is 0 Å². The SMILES string of the molecule is C=C1O[C@H](CCC(C)(C)[Si](O)(c2ccccc2)c2ccccc2)CC[C@H]1OCCCC. The molecule has 3 rings (SSSR count). The molecule has 0 spiro atoms. The Morgan fingerprint density at radius 2 is 1.61 bits per heavy atom. The lowest BCUT2D eigenvalue weighted by Gasteiger charge is -2.42. The van der Waals surface area contributed by atoms with Crippen LogP contribution in [0.5, 0.6) is 0 Å². The van der Waals surface area contributed by atoms with Gasteiger partial charge in [0.05, 0.1) is 6.10 Å². The number of unbranched alkanes of at least 4 members (excludes halogenated alkanes) is 1. The predicted octanol–water partition coefficient (Wildman–Crippen LogP) is 5.18. The second-order valence-electron chi connectivity index (χ2n) is 9.36. The third-order valence-corrected chi connectivity index (χ3v) is 11.2. The van der Waals surface area contributed by atoms with E-state index in [1.165, 1.54) is 0 Å². The van der Waals surface area contributed by atoms with Crippen LogP contribution in [0.4, 0.5) is 0 Å². The zero-order chi connectivity index (χ0) is 22.3. The number of hydrogen-bond donors (Lipinski definition) is 1. The summed E-state index contributed by atoms with van der Waals surface area (Å²) in [6, 6.07) is 20.5. The van der Waals surface area contributed by atoms with Gasteiger partial charge in [-0.3, -0.25) is 0 Å². The van der Waals surface area contributed by atoms with Crippen molar-refractivity contribution in [1.82, 2.24) is 0 Å². The molecule has 2 atom stereocenters. The second-order valence-corrected chi connectivity index (χ2v) is 13.3. The zero-order valence-corrected chi connectivity index (χ0v) is 20.3. The molecule has 0 amide bonds. The highest BCUT2D eigenvalue weighted by molar-refractivity contribution is 6.98. The Labute approximate surface area is 189 Å². The summed E-state index contributed by atoms with van der Waals surface area (Å²) in [5.41, 5.74) is 0. The zero-order valence-electron chi connectivity index (χ0n) is 19.3. The number of hydrogen-bond acceptors (Lipinski definition) is 3. The minimum Gasteiger partial charge on any atom is -0.493 e. The van der Waals surface area contributed by atoms with E-state index in [2.05, 4.69) is 51.6 Å². The third kappa shape index (κ3) is 5.49. The average Bonchev–Trinajstić information content (AvgIpc) is 2.79. The standard InChI is InChI=1S/C27H38O3Si/c1-5-6-21-29-26-18-17-23(30-22(26)2)19-20-27(3,4)31(28,24-13-9-7-10-14-24)25-15-11-8-12-16-25/h7-16,23,26,28H,2,5-6,17-21H2,1,3-4H3/t23-,26+/m0/s1. The van der Waals surface area contributed by atoms with E-state index in [1.54, 1.807) is 0 Å². The summed E-state index contributed by atoms with van der Waals surface area (Å²) in [5, 5.41) is 1.86. The van der Waals surface area contributed by atoms with Crippen LogP contribution in [0.2, 0.25) is 5.04 Å². The normalized spacial score (nSPS) is 19.8. The molecule has 0 aliphatic carbocycles. The summed E-state index contributed by atoms with van der Waals surface area (Å²) in [5.74, 6) is 0.767. The first-order chi connectivity index (χ1) is 14.9. The molecule has 2 aromatic carbocycles. The van der Waals surface area contributed by atoms with Gasteiger partial charge in [0.2, 0.25) is 0 Å². The Bertz CT molecular complexity index is 779. The Morgan fingerprint density at radius 1 is 1.03 bits per heavy atom. The summed E-state index contributed by atoms with van der Waals surface area (Å²) in [7, 11) is -2.97. The molecule has 3 nitrogen and oxygen atoms in total. The van der Waals surface area contributed by atoms with Gasteiger partial charge in [-0.1, -0.05) is 94.4 Å². The van der Waals surface area contributed by atoms with Gasteiger partial charge in [0.25, 0.3) is 8.32 Å². The molecule has 1 aliphatic rings. The topological polar surface area (TPSA) is 38.7 Å². The maximum atomic E-state index is 12.3. The van der Waals surface area contributed by atoms with Crippen molar-refractivity contribution in [3.8, 4) is 0 Å². The van der Waals surface area contributed by atoms with Crippen LogP contribution in [0.25, 0.3) is 0 Å². The van der Waals surface area contributed by atoms with Crippen LogP contribution < -0.4 is 10.4 Å². The number of benzene rings is 2. The van der Waals surface area contributed by atoms with Gasteiger partial charge in [-0.2, -0.15) is 0 Å². The van der Waals surface area contributed by atoms with Gasteiger partial charge < -0.3 is 14.3 Å². The minimum atomic E-state index is -2.97. The van der Waals surface area contributed by atoms with Gasteiger partial charge in [-0.25, -0.2) is 0 Å². The Morgan fingerprint density at radius 3 is 2.13 bits per heavy atom. The monoisotopic (exact) mass is 438 g/mol. The van der Waals surface area contributed by atoms with Crippen molar-refractivity contribution in [3.63, 3.8) is 0 Å². The number of rotatable bonds is 10. The van der Waals surface area contributed by atoms with Crippen LogP contribution in [0.1, 0.15) is 59.3 Å². The molecule has 1 aliphatic heterocycles. The first kappa shape index (κ1) is 23.8. The van der Waals surface area contributed by atoms with Gasteiger partial charge >= 0.3 is 0 Å². The highest BCUT2D eigenvalue weighted by atomic mass is 28.4. The number of ether oxygens (including phenoxy) is 2. The van der Waals surface area contributed by atoms with E-state index in [9.17, 15) is 4.80 Å². The van der Waals surface area contributed by atoms with E-state index in [1.807, 2.05) is 36.4 Å². The molecular formula is C27H38O3Si. The lowest BCUT2D eigenvalue weighted by atomic mass is 9.97. The summed E-state index contributed by atoms with van der Waals surface area (Å²) in [6.07, 6.45) is 6.10. The third-order valence-electron chi connectivity index (χ3n) is 6.70. The molecule has 1 heterocycles. The van der Waals surface area contributed by atoms with Crippen molar-refractivity contribution in [3.05, 3.63) is 73.0 Å². The Kier molecular flexibility index (Phi) is 8.15. The van der Waals surface area contributed by atoms with Crippen LogP contribution in [-0.4, -0.2) is 31.9 Å². The van der Waals surface area contributed by atoms with Crippen molar-refractivity contribution < 1.29 is 14.3 Å². The highest BCUT2D eigenvalue weighted by Gasteiger charge is 2.49. The van der Waals surface area contributed by atoms with Gasteiger partial charge in [0.1, 0.15) is 11.9 Å². The molecule has 2 aromatic rings.